The van der Waals surface area contributed by atoms with Crippen molar-refractivity contribution in [3.63, 3.8) is 0 Å². The van der Waals surface area contributed by atoms with E-state index in [2.05, 4.69) is 0 Å². The first kappa shape index (κ1) is 29.6. The van der Waals surface area contributed by atoms with Gasteiger partial charge in [0.1, 0.15) is 6.54 Å². The number of aliphatic hydroxyl groups excluding tert-OH is 1. The zero-order valence-corrected chi connectivity index (χ0v) is 20.3. The molecule has 0 amide bonds. The topological polar surface area (TPSA) is 86.7 Å². The molecule has 0 radical (unpaired) electrons. The van der Waals surface area contributed by atoms with Crippen LogP contribution < -0.4 is 5.11 Å². The Morgan fingerprint density at radius 1 is 0.839 bits per heavy atom. The minimum Gasteiger partial charge on any atom is -0.550 e. The molecule has 0 saturated heterocycles. The Morgan fingerprint density at radius 2 is 1.29 bits per heavy atom. The largest absolute Gasteiger partial charge is 0.550 e. The van der Waals surface area contributed by atoms with E-state index in [-0.39, 0.29) is 6.42 Å². The lowest BCUT2D eigenvalue weighted by Gasteiger charge is -2.29. The van der Waals surface area contributed by atoms with Gasteiger partial charge in [0.25, 0.3) is 0 Å². The van der Waals surface area contributed by atoms with Crippen LogP contribution in [0.3, 0.4) is 0 Å². The normalized spacial score (nSPS) is 12.9. The molecule has 0 aliphatic carbocycles. The number of esters is 1. The van der Waals surface area contributed by atoms with Gasteiger partial charge in [-0.15, -0.1) is 0 Å². The summed E-state index contributed by atoms with van der Waals surface area (Å²) in [5.74, 6) is -1.68. The van der Waals surface area contributed by atoms with Crippen LogP contribution in [0.2, 0.25) is 0 Å². The third-order valence-electron chi connectivity index (χ3n) is 5.21. The number of aliphatic carboxylic acids is 1. The monoisotopic (exact) mass is 441 g/mol. The Hall–Kier alpha value is -1.40. The summed E-state index contributed by atoms with van der Waals surface area (Å²) in [5, 5.41) is 19.6. The number of likely N-dealkylation sites (N-methyl/N-ethyl adjacent to an activating group) is 1. The zero-order chi connectivity index (χ0) is 23.4. The van der Waals surface area contributed by atoms with E-state index in [0.29, 0.717) is 17.6 Å². The standard InChI is InChI=1S/C25H47NO5/c1-26(2,3)22-23(21-24(28)29)31-25(30)19-17-15-13-11-9-7-5-4-6-8-10-12-14-16-18-20-27/h17,19,23,27H,4-16,18,20-22H2,1-3H3. The van der Waals surface area contributed by atoms with Crippen LogP contribution in [-0.2, 0) is 14.3 Å². The fraction of sp³-hybridized carbons (Fsp3) is 0.840. The number of nitrogens with zero attached hydrogens (tertiary/aromatic N) is 1. The second-order valence-electron chi connectivity index (χ2n) is 9.62. The Balaban J connectivity index is 3.64. The Labute approximate surface area is 190 Å². The third-order valence-corrected chi connectivity index (χ3v) is 5.21. The van der Waals surface area contributed by atoms with E-state index in [1.54, 1.807) is 0 Å². The molecule has 0 heterocycles. The van der Waals surface area contributed by atoms with Crippen LogP contribution in [-0.4, -0.2) is 61.9 Å². The molecular weight excluding hydrogens is 394 g/mol. The number of carboxylic acids is 1. The highest BCUT2D eigenvalue weighted by Gasteiger charge is 2.21. The lowest BCUT2D eigenvalue weighted by atomic mass is 10.0. The summed E-state index contributed by atoms with van der Waals surface area (Å²) < 4.78 is 5.80. The van der Waals surface area contributed by atoms with Crippen molar-refractivity contribution in [2.24, 2.45) is 0 Å². The van der Waals surface area contributed by atoms with Crippen molar-refractivity contribution in [2.45, 2.75) is 102 Å². The summed E-state index contributed by atoms with van der Waals surface area (Å²) >= 11 is 0. The fourth-order valence-corrected chi connectivity index (χ4v) is 3.64. The van der Waals surface area contributed by atoms with Crippen LogP contribution in [0.25, 0.3) is 0 Å². The highest BCUT2D eigenvalue weighted by molar-refractivity contribution is 5.82. The lowest BCUT2D eigenvalue weighted by Crippen LogP contribution is -2.45. The molecule has 6 nitrogen and oxygen atoms in total. The molecule has 0 aliphatic heterocycles. The highest BCUT2D eigenvalue weighted by atomic mass is 16.5. The van der Waals surface area contributed by atoms with Gasteiger partial charge in [-0.05, 0) is 19.3 Å². The van der Waals surface area contributed by atoms with Gasteiger partial charge in [0.05, 0.1) is 21.1 Å². The summed E-state index contributed by atoms with van der Waals surface area (Å²) in [5.41, 5.74) is 0. The van der Waals surface area contributed by atoms with E-state index < -0.39 is 18.0 Å². The predicted octanol–water partition coefficient (Wildman–Crippen LogP) is 3.75. The molecule has 0 aromatic rings. The van der Waals surface area contributed by atoms with E-state index in [0.717, 1.165) is 25.7 Å². The molecule has 6 heteroatoms. The van der Waals surface area contributed by atoms with Gasteiger partial charge in [-0.1, -0.05) is 76.7 Å². The minimum absolute atomic E-state index is 0.278. The first-order valence-electron chi connectivity index (χ1n) is 12.2. The maximum Gasteiger partial charge on any atom is 0.330 e. The second-order valence-corrected chi connectivity index (χ2v) is 9.62. The molecule has 0 spiro atoms. The number of unbranched alkanes of at least 4 members (excludes halogenated alkanes) is 13. The van der Waals surface area contributed by atoms with Crippen molar-refractivity contribution in [2.75, 3.05) is 34.3 Å². The number of hydrogen-bond acceptors (Lipinski definition) is 5. The van der Waals surface area contributed by atoms with Crippen molar-refractivity contribution in [3.8, 4) is 0 Å². The van der Waals surface area contributed by atoms with Gasteiger partial charge in [-0.2, -0.15) is 0 Å². The van der Waals surface area contributed by atoms with E-state index in [9.17, 15) is 14.7 Å². The van der Waals surface area contributed by atoms with Gasteiger partial charge < -0.3 is 24.2 Å². The molecule has 182 valence electrons. The van der Waals surface area contributed by atoms with Crippen LogP contribution in [0.15, 0.2) is 12.2 Å². The number of carbonyl (C=O) groups excluding carboxylic acids is 2. The number of allylic oxidation sites excluding steroid dienone is 1. The van der Waals surface area contributed by atoms with Crippen molar-refractivity contribution in [3.05, 3.63) is 12.2 Å². The van der Waals surface area contributed by atoms with E-state index in [1.807, 2.05) is 27.2 Å². The summed E-state index contributed by atoms with van der Waals surface area (Å²) in [6.45, 7) is 0.755. The van der Waals surface area contributed by atoms with Crippen LogP contribution in [0.4, 0.5) is 0 Å². The number of ether oxygens (including phenoxy) is 1. The third kappa shape index (κ3) is 23.1. The zero-order valence-electron chi connectivity index (χ0n) is 20.3. The molecule has 0 saturated carbocycles. The molecule has 0 rings (SSSR count). The molecule has 0 aliphatic rings. The Kier molecular flexibility index (Phi) is 18.4. The van der Waals surface area contributed by atoms with Gasteiger partial charge in [0.15, 0.2) is 6.10 Å². The average Bonchev–Trinajstić information content (AvgIpc) is 2.65. The predicted molar refractivity (Wildman–Crippen MR) is 123 cm³/mol. The van der Waals surface area contributed by atoms with E-state index in [1.165, 1.54) is 70.3 Å². The molecule has 1 unspecified atom stereocenters. The van der Waals surface area contributed by atoms with Crippen molar-refractivity contribution < 1.29 is 29.0 Å². The van der Waals surface area contributed by atoms with Gasteiger partial charge in [0, 0.05) is 25.1 Å². The summed E-state index contributed by atoms with van der Waals surface area (Å²) in [7, 11) is 5.78. The quantitative estimate of drug-likeness (QED) is 0.127. The number of carbonyl (C=O) groups is 2. The molecule has 1 atom stereocenters. The molecule has 0 bridgehead atoms. The summed E-state index contributed by atoms with van der Waals surface area (Å²) in [6.07, 6.45) is 19.1. The average molecular weight is 442 g/mol. The fourth-order valence-electron chi connectivity index (χ4n) is 3.64. The van der Waals surface area contributed by atoms with Gasteiger partial charge in [-0.3, -0.25) is 0 Å². The number of rotatable bonds is 21. The SMILES string of the molecule is C[N+](C)(C)CC(CC(=O)[O-])OC(=O)C=CCCCCCCCCCCCCCCCO. The van der Waals surface area contributed by atoms with E-state index >= 15 is 0 Å². The maximum atomic E-state index is 11.9. The summed E-state index contributed by atoms with van der Waals surface area (Å²) in [4.78, 5) is 22.8. The number of hydrogen-bond donors (Lipinski definition) is 1. The van der Waals surface area contributed by atoms with Crippen molar-refractivity contribution in [1.82, 2.24) is 0 Å². The first-order valence-corrected chi connectivity index (χ1v) is 12.2. The Bertz CT molecular complexity index is 485. The van der Waals surface area contributed by atoms with Gasteiger partial charge in [0.2, 0.25) is 0 Å². The van der Waals surface area contributed by atoms with Gasteiger partial charge >= 0.3 is 5.97 Å². The molecule has 1 N–H and O–H groups in total. The number of carboxylic acid groups (broad SMARTS) is 1. The lowest BCUT2D eigenvalue weighted by molar-refractivity contribution is -0.873. The number of quaternary nitrogens is 1. The van der Waals surface area contributed by atoms with Crippen molar-refractivity contribution in [1.29, 1.82) is 0 Å². The van der Waals surface area contributed by atoms with E-state index in [4.69, 9.17) is 9.84 Å². The molecule has 31 heavy (non-hydrogen) atoms. The Morgan fingerprint density at radius 3 is 1.71 bits per heavy atom. The number of aliphatic hydroxyl groups is 1. The molecule has 0 aromatic carbocycles. The second kappa shape index (κ2) is 19.3. The molecular formula is C25H47NO5. The smallest absolute Gasteiger partial charge is 0.330 e. The van der Waals surface area contributed by atoms with Crippen LogP contribution in [0.5, 0.6) is 0 Å². The van der Waals surface area contributed by atoms with Gasteiger partial charge in [-0.25, -0.2) is 4.79 Å². The molecule has 0 aromatic heterocycles. The van der Waals surface area contributed by atoms with Crippen LogP contribution in [0.1, 0.15) is 96.3 Å². The summed E-state index contributed by atoms with van der Waals surface area (Å²) in [6, 6.07) is 0. The maximum absolute atomic E-state index is 11.9. The van der Waals surface area contributed by atoms with Crippen LogP contribution >= 0.6 is 0 Å². The molecule has 0 fully saturated rings. The first-order chi connectivity index (χ1) is 14.7. The van der Waals surface area contributed by atoms with Crippen LogP contribution in [0, 0.1) is 0 Å². The highest BCUT2D eigenvalue weighted by Crippen LogP contribution is 2.13. The van der Waals surface area contributed by atoms with Crippen molar-refractivity contribution >= 4 is 11.9 Å². The minimum atomic E-state index is -1.20.